The SMILES string of the molecule is Cc1c(C(=O)Nc2cccc(Cl)c2)[nH]c2ccccc12. The molecule has 3 aromatic rings. The van der Waals surface area contributed by atoms with Gasteiger partial charge < -0.3 is 10.3 Å². The Hall–Kier alpha value is -2.26. The Kier molecular flexibility index (Phi) is 3.20. The molecular weight excluding hydrogens is 272 g/mol. The van der Waals surface area contributed by atoms with E-state index in [9.17, 15) is 4.79 Å². The van der Waals surface area contributed by atoms with E-state index in [0.29, 0.717) is 16.4 Å². The normalized spacial score (nSPS) is 10.7. The number of halogens is 1. The molecular formula is C16H13ClN2O. The molecule has 1 amide bonds. The molecule has 0 atom stereocenters. The predicted octanol–water partition coefficient (Wildman–Crippen LogP) is 4.38. The summed E-state index contributed by atoms with van der Waals surface area (Å²) < 4.78 is 0. The Bertz CT molecular complexity index is 792. The van der Waals surface area contributed by atoms with Gasteiger partial charge in [0.2, 0.25) is 0 Å². The van der Waals surface area contributed by atoms with Crippen LogP contribution in [0, 0.1) is 6.92 Å². The fourth-order valence-electron chi connectivity index (χ4n) is 2.27. The minimum atomic E-state index is -0.166. The molecule has 3 nitrogen and oxygen atoms in total. The van der Waals surface area contributed by atoms with Crippen LogP contribution in [0.25, 0.3) is 10.9 Å². The first kappa shape index (κ1) is 12.8. The third-order valence-corrected chi connectivity index (χ3v) is 3.51. The number of aromatic amines is 1. The zero-order valence-corrected chi connectivity index (χ0v) is 11.7. The van der Waals surface area contributed by atoms with E-state index in [1.807, 2.05) is 37.3 Å². The van der Waals surface area contributed by atoms with Gasteiger partial charge in [0, 0.05) is 21.6 Å². The number of carbonyl (C=O) groups is 1. The van der Waals surface area contributed by atoms with Crippen LogP contribution in [0.4, 0.5) is 5.69 Å². The molecule has 2 aromatic carbocycles. The molecule has 0 aliphatic heterocycles. The van der Waals surface area contributed by atoms with Gasteiger partial charge in [-0.25, -0.2) is 0 Å². The Morgan fingerprint density at radius 3 is 2.70 bits per heavy atom. The number of aryl methyl sites for hydroxylation is 1. The predicted molar refractivity (Wildman–Crippen MR) is 82.4 cm³/mol. The second kappa shape index (κ2) is 5.02. The van der Waals surface area contributed by atoms with E-state index in [2.05, 4.69) is 10.3 Å². The molecule has 100 valence electrons. The maximum Gasteiger partial charge on any atom is 0.272 e. The van der Waals surface area contributed by atoms with Crippen molar-refractivity contribution in [3.05, 3.63) is 64.8 Å². The highest BCUT2D eigenvalue weighted by Crippen LogP contribution is 2.22. The Morgan fingerprint density at radius 1 is 1.15 bits per heavy atom. The molecule has 0 saturated heterocycles. The highest BCUT2D eigenvalue weighted by atomic mass is 35.5. The number of aromatic nitrogens is 1. The van der Waals surface area contributed by atoms with Gasteiger partial charge in [0.05, 0.1) is 0 Å². The lowest BCUT2D eigenvalue weighted by Crippen LogP contribution is -2.13. The van der Waals surface area contributed by atoms with E-state index in [0.717, 1.165) is 16.5 Å². The average molecular weight is 285 g/mol. The lowest BCUT2D eigenvalue weighted by molar-refractivity contribution is 0.102. The van der Waals surface area contributed by atoms with Crippen LogP contribution < -0.4 is 5.32 Å². The van der Waals surface area contributed by atoms with Gasteiger partial charge in [0.1, 0.15) is 5.69 Å². The number of amides is 1. The van der Waals surface area contributed by atoms with Crippen molar-refractivity contribution in [3.8, 4) is 0 Å². The molecule has 0 bridgehead atoms. The largest absolute Gasteiger partial charge is 0.350 e. The van der Waals surface area contributed by atoms with Crippen LogP contribution in [-0.2, 0) is 0 Å². The summed E-state index contributed by atoms with van der Waals surface area (Å²) in [4.78, 5) is 15.5. The standard InChI is InChI=1S/C16H13ClN2O/c1-10-13-7-2-3-8-14(13)19-15(10)16(20)18-12-6-4-5-11(17)9-12/h2-9,19H,1H3,(H,18,20). The lowest BCUT2D eigenvalue weighted by Gasteiger charge is -2.05. The highest BCUT2D eigenvalue weighted by Gasteiger charge is 2.14. The molecule has 0 aliphatic rings. The fourth-order valence-corrected chi connectivity index (χ4v) is 2.46. The smallest absolute Gasteiger partial charge is 0.272 e. The Morgan fingerprint density at radius 2 is 1.95 bits per heavy atom. The van der Waals surface area contributed by atoms with Crippen LogP contribution in [0.5, 0.6) is 0 Å². The van der Waals surface area contributed by atoms with Crippen LogP contribution >= 0.6 is 11.6 Å². The first-order chi connectivity index (χ1) is 9.65. The number of fused-ring (bicyclic) bond motifs is 1. The number of nitrogens with one attached hydrogen (secondary N) is 2. The van der Waals surface area contributed by atoms with Crippen molar-refractivity contribution in [2.45, 2.75) is 6.92 Å². The van der Waals surface area contributed by atoms with Crippen molar-refractivity contribution in [2.24, 2.45) is 0 Å². The molecule has 20 heavy (non-hydrogen) atoms. The lowest BCUT2D eigenvalue weighted by atomic mass is 10.1. The first-order valence-electron chi connectivity index (χ1n) is 6.29. The zero-order valence-electron chi connectivity index (χ0n) is 10.9. The molecule has 1 heterocycles. The second-order valence-corrected chi connectivity index (χ2v) is 5.07. The number of benzene rings is 2. The number of H-pyrrole nitrogens is 1. The molecule has 0 fully saturated rings. The summed E-state index contributed by atoms with van der Waals surface area (Å²) in [5.74, 6) is -0.166. The Balaban J connectivity index is 1.95. The summed E-state index contributed by atoms with van der Waals surface area (Å²) in [5.41, 5.74) is 3.16. The Labute approximate surface area is 121 Å². The number of hydrogen-bond donors (Lipinski definition) is 2. The average Bonchev–Trinajstić information content (AvgIpc) is 2.77. The maximum absolute atomic E-state index is 12.3. The number of hydrogen-bond acceptors (Lipinski definition) is 1. The van der Waals surface area contributed by atoms with Crippen molar-refractivity contribution in [1.29, 1.82) is 0 Å². The van der Waals surface area contributed by atoms with Crippen LogP contribution in [0.3, 0.4) is 0 Å². The van der Waals surface area contributed by atoms with E-state index in [1.54, 1.807) is 18.2 Å². The summed E-state index contributed by atoms with van der Waals surface area (Å²) in [6.45, 7) is 1.94. The van der Waals surface area contributed by atoms with Gasteiger partial charge in [0.15, 0.2) is 0 Å². The molecule has 0 unspecified atom stereocenters. The fraction of sp³-hybridized carbons (Fsp3) is 0.0625. The molecule has 0 saturated carbocycles. The quantitative estimate of drug-likeness (QED) is 0.720. The maximum atomic E-state index is 12.3. The van der Waals surface area contributed by atoms with Crippen LogP contribution in [0.2, 0.25) is 5.02 Å². The van der Waals surface area contributed by atoms with Crippen molar-refractivity contribution in [2.75, 3.05) is 5.32 Å². The molecule has 0 radical (unpaired) electrons. The molecule has 0 spiro atoms. The van der Waals surface area contributed by atoms with Crippen LogP contribution in [-0.4, -0.2) is 10.9 Å². The van der Waals surface area contributed by atoms with Crippen molar-refractivity contribution in [1.82, 2.24) is 4.98 Å². The van der Waals surface area contributed by atoms with E-state index in [1.165, 1.54) is 0 Å². The van der Waals surface area contributed by atoms with Crippen molar-refractivity contribution in [3.63, 3.8) is 0 Å². The van der Waals surface area contributed by atoms with Gasteiger partial charge >= 0.3 is 0 Å². The van der Waals surface area contributed by atoms with Crippen LogP contribution in [0.15, 0.2) is 48.5 Å². The number of carbonyl (C=O) groups excluding carboxylic acids is 1. The van der Waals surface area contributed by atoms with E-state index >= 15 is 0 Å². The molecule has 4 heteroatoms. The number of para-hydroxylation sites is 1. The van der Waals surface area contributed by atoms with E-state index in [4.69, 9.17) is 11.6 Å². The molecule has 1 aromatic heterocycles. The third-order valence-electron chi connectivity index (χ3n) is 3.28. The monoisotopic (exact) mass is 284 g/mol. The summed E-state index contributed by atoms with van der Waals surface area (Å²) >= 11 is 5.91. The molecule has 0 aliphatic carbocycles. The van der Waals surface area contributed by atoms with Gasteiger partial charge in [-0.3, -0.25) is 4.79 Å². The summed E-state index contributed by atoms with van der Waals surface area (Å²) in [6.07, 6.45) is 0. The minimum absolute atomic E-state index is 0.166. The van der Waals surface area contributed by atoms with Gasteiger partial charge in [-0.05, 0) is 36.8 Å². The summed E-state index contributed by atoms with van der Waals surface area (Å²) in [5, 5.41) is 4.50. The van der Waals surface area contributed by atoms with Gasteiger partial charge in [0.25, 0.3) is 5.91 Å². The molecule has 3 rings (SSSR count). The van der Waals surface area contributed by atoms with E-state index < -0.39 is 0 Å². The van der Waals surface area contributed by atoms with Crippen molar-refractivity contribution < 1.29 is 4.79 Å². The van der Waals surface area contributed by atoms with E-state index in [-0.39, 0.29) is 5.91 Å². The number of anilines is 1. The van der Waals surface area contributed by atoms with Crippen LogP contribution in [0.1, 0.15) is 16.1 Å². The van der Waals surface area contributed by atoms with Gasteiger partial charge in [-0.1, -0.05) is 35.9 Å². The van der Waals surface area contributed by atoms with Gasteiger partial charge in [-0.15, -0.1) is 0 Å². The zero-order chi connectivity index (χ0) is 14.1. The number of rotatable bonds is 2. The second-order valence-electron chi connectivity index (χ2n) is 4.64. The van der Waals surface area contributed by atoms with Gasteiger partial charge in [-0.2, -0.15) is 0 Å². The topological polar surface area (TPSA) is 44.9 Å². The minimum Gasteiger partial charge on any atom is -0.350 e. The molecule has 2 N–H and O–H groups in total. The first-order valence-corrected chi connectivity index (χ1v) is 6.67. The summed E-state index contributed by atoms with van der Waals surface area (Å²) in [7, 11) is 0. The summed E-state index contributed by atoms with van der Waals surface area (Å²) in [6, 6.07) is 15.0. The third kappa shape index (κ3) is 2.28. The van der Waals surface area contributed by atoms with Crippen molar-refractivity contribution >= 4 is 34.1 Å². The highest BCUT2D eigenvalue weighted by molar-refractivity contribution is 6.31.